The van der Waals surface area contributed by atoms with Gasteiger partial charge in [0.15, 0.2) is 0 Å². The zero-order valence-electron chi connectivity index (χ0n) is 9.68. The van der Waals surface area contributed by atoms with E-state index in [0.717, 1.165) is 18.8 Å². The summed E-state index contributed by atoms with van der Waals surface area (Å²) in [5.74, 6) is -0.358. The van der Waals surface area contributed by atoms with Crippen molar-refractivity contribution >= 4 is 11.7 Å². The quantitative estimate of drug-likeness (QED) is 0.856. The first-order chi connectivity index (χ1) is 8.22. The number of carboxylic acid groups (broad SMARTS) is 1. The van der Waals surface area contributed by atoms with Gasteiger partial charge < -0.3 is 19.5 Å². The van der Waals surface area contributed by atoms with Crippen molar-refractivity contribution in [2.75, 3.05) is 38.3 Å². The molecule has 0 spiro atoms. The number of anilines is 1. The third-order valence-corrected chi connectivity index (χ3v) is 2.78. The summed E-state index contributed by atoms with van der Waals surface area (Å²) in [5.41, 5.74) is 1.15. The molecule has 5 heteroatoms. The molecule has 2 rings (SSSR count). The molecule has 1 aliphatic rings. The van der Waals surface area contributed by atoms with E-state index in [1.807, 2.05) is 0 Å². The smallest absolute Gasteiger partial charge is 0.335 e. The average Bonchev–Trinajstić information content (AvgIpc) is 2.39. The molecule has 1 N–H and O–H groups in total. The second-order valence-corrected chi connectivity index (χ2v) is 3.79. The predicted octanol–water partition coefficient (Wildman–Crippen LogP) is 1.23. The zero-order chi connectivity index (χ0) is 12.3. The van der Waals surface area contributed by atoms with E-state index in [9.17, 15) is 4.79 Å². The molecule has 0 saturated carbocycles. The topological polar surface area (TPSA) is 59.0 Å². The van der Waals surface area contributed by atoms with Crippen LogP contribution in [0.5, 0.6) is 5.75 Å². The Morgan fingerprint density at radius 2 is 2.12 bits per heavy atom. The van der Waals surface area contributed by atoms with Gasteiger partial charge in [-0.3, -0.25) is 0 Å². The lowest BCUT2D eigenvalue weighted by Gasteiger charge is -2.30. The van der Waals surface area contributed by atoms with E-state index in [0.29, 0.717) is 19.0 Å². The van der Waals surface area contributed by atoms with E-state index in [1.165, 1.54) is 0 Å². The molecule has 5 nitrogen and oxygen atoms in total. The average molecular weight is 237 g/mol. The van der Waals surface area contributed by atoms with Gasteiger partial charge in [0.25, 0.3) is 0 Å². The van der Waals surface area contributed by atoms with Gasteiger partial charge in [-0.05, 0) is 18.2 Å². The third-order valence-electron chi connectivity index (χ3n) is 2.78. The summed E-state index contributed by atoms with van der Waals surface area (Å²) in [6, 6.07) is 4.93. The molecule has 17 heavy (non-hydrogen) atoms. The number of benzene rings is 1. The first-order valence-corrected chi connectivity index (χ1v) is 5.46. The van der Waals surface area contributed by atoms with Crippen LogP contribution in [0.2, 0.25) is 0 Å². The number of carboxylic acids is 1. The van der Waals surface area contributed by atoms with Crippen molar-refractivity contribution in [2.45, 2.75) is 0 Å². The van der Waals surface area contributed by atoms with Crippen LogP contribution in [0, 0.1) is 0 Å². The summed E-state index contributed by atoms with van der Waals surface area (Å²) < 4.78 is 10.5. The van der Waals surface area contributed by atoms with Crippen LogP contribution in [-0.2, 0) is 4.74 Å². The molecule has 0 unspecified atom stereocenters. The van der Waals surface area contributed by atoms with Crippen molar-refractivity contribution in [3.63, 3.8) is 0 Å². The van der Waals surface area contributed by atoms with Gasteiger partial charge >= 0.3 is 5.97 Å². The lowest BCUT2D eigenvalue weighted by Crippen LogP contribution is -2.36. The number of ether oxygens (including phenoxy) is 2. The van der Waals surface area contributed by atoms with Crippen molar-refractivity contribution in [3.8, 4) is 5.75 Å². The number of rotatable bonds is 3. The fraction of sp³-hybridized carbons (Fsp3) is 0.417. The molecule has 1 heterocycles. The molecule has 0 radical (unpaired) electrons. The fourth-order valence-electron chi connectivity index (χ4n) is 1.88. The number of hydrogen-bond acceptors (Lipinski definition) is 4. The van der Waals surface area contributed by atoms with Crippen LogP contribution >= 0.6 is 0 Å². The Hall–Kier alpha value is -1.75. The first kappa shape index (κ1) is 11.7. The number of carbonyl (C=O) groups is 1. The third kappa shape index (κ3) is 2.50. The highest BCUT2D eigenvalue weighted by atomic mass is 16.5. The van der Waals surface area contributed by atoms with Gasteiger partial charge in [-0.25, -0.2) is 4.79 Å². The monoisotopic (exact) mass is 237 g/mol. The number of nitrogens with zero attached hydrogens (tertiary/aromatic N) is 1. The highest BCUT2D eigenvalue weighted by molar-refractivity contribution is 5.89. The van der Waals surface area contributed by atoms with Gasteiger partial charge in [0.1, 0.15) is 5.75 Å². The van der Waals surface area contributed by atoms with Gasteiger partial charge in [-0.1, -0.05) is 0 Å². The predicted molar refractivity (Wildman–Crippen MR) is 63.0 cm³/mol. The van der Waals surface area contributed by atoms with E-state index < -0.39 is 5.97 Å². The highest BCUT2D eigenvalue weighted by Crippen LogP contribution is 2.29. The molecule has 0 bridgehead atoms. The van der Waals surface area contributed by atoms with Crippen molar-refractivity contribution in [2.24, 2.45) is 0 Å². The highest BCUT2D eigenvalue weighted by Gasteiger charge is 2.16. The molecule has 1 aromatic rings. The van der Waals surface area contributed by atoms with E-state index in [4.69, 9.17) is 14.6 Å². The second kappa shape index (κ2) is 5.05. The summed E-state index contributed by atoms with van der Waals surface area (Å²) in [4.78, 5) is 13.0. The minimum atomic E-state index is -0.947. The van der Waals surface area contributed by atoms with Gasteiger partial charge in [0.2, 0.25) is 0 Å². The molecule has 0 aliphatic carbocycles. The Bertz CT molecular complexity index is 413. The maximum absolute atomic E-state index is 10.9. The Kier molecular flexibility index (Phi) is 3.49. The molecule has 1 aliphatic heterocycles. The van der Waals surface area contributed by atoms with Crippen LogP contribution < -0.4 is 9.64 Å². The van der Waals surface area contributed by atoms with Crippen molar-refractivity contribution in [1.82, 2.24) is 0 Å². The normalized spacial score (nSPS) is 15.7. The van der Waals surface area contributed by atoms with Crippen molar-refractivity contribution in [1.29, 1.82) is 0 Å². The molecule has 1 saturated heterocycles. The molecule has 0 atom stereocenters. The summed E-state index contributed by atoms with van der Waals surface area (Å²) in [5, 5.41) is 8.92. The molecule has 1 aromatic carbocycles. The maximum atomic E-state index is 10.9. The SMILES string of the molecule is COc1cc(C(=O)O)ccc1N1CCOCC1. The molecular formula is C12H15NO4. The van der Waals surface area contributed by atoms with E-state index in [1.54, 1.807) is 25.3 Å². The van der Waals surface area contributed by atoms with Gasteiger partial charge in [-0.15, -0.1) is 0 Å². The van der Waals surface area contributed by atoms with Crippen LogP contribution in [0.1, 0.15) is 10.4 Å². The van der Waals surface area contributed by atoms with E-state index >= 15 is 0 Å². The minimum Gasteiger partial charge on any atom is -0.495 e. The van der Waals surface area contributed by atoms with Crippen LogP contribution in [0.25, 0.3) is 0 Å². The summed E-state index contributed by atoms with van der Waals surface area (Å²) >= 11 is 0. The van der Waals surface area contributed by atoms with Gasteiger partial charge in [0.05, 0.1) is 31.6 Å². The lowest BCUT2D eigenvalue weighted by atomic mass is 10.1. The minimum absolute atomic E-state index is 0.235. The van der Waals surface area contributed by atoms with Crippen molar-refractivity contribution in [3.05, 3.63) is 23.8 Å². The zero-order valence-corrected chi connectivity index (χ0v) is 9.68. The van der Waals surface area contributed by atoms with E-state index in [-0.39, 0.29) is 5.56 Å². The summed E-state index contributed by atoms with van der Waals surface area (Å²) in [6.07, 6.45) is 0. The van der Waals surface area contributed by atoms with Crippen LogP contribution in [0.15, 0.2) is 18.2 Å². The molecular weight excluding hydrogens is 222 g/mol. The molecule has 0 amide bonds. The van der Waals surface area contributed by atoms with Crippen LogP contribution in [0.4, 0.5) is 5.69 Å². The summed E-state index contributed by atoms with van der Waals surface area (Å²) in [7, 11) is 1.55. The molecule has 1 fully saturated rings. The standard InChI is InChI=1S/C12H15NO4/c1-16-11-8-9(12(14)15)2-3-10(11)13-4-6-17-7-5-13/h2-3,8H,4-7H2,1H3,(H,14,15). The van der Waals surface area contributed by atoms with Crippen molar-refractivity contribution < 1.29 is 19.4 Å². The number of morpholine rings is 1. The van der Waals surface area contributed by atoms with Gasteiger partial charge in [-0.2, -0.15) is 0 Å². The number of methoxy groups -OCH3 is 1. The largest absolute Gasteiger partial charge is 0.495 e. The maximum Gasteiger partial charge on any atom is 0.335 e. The fourth-order valence-corrected chi connectivity index (χ4v) is 1.88. The summed E-state index contributed by atoms with van der Waals surface area (Å²) in [6.45, 7) is 2.96. The molecule has 0 aromatic heterocycles. The first-order valence-electron chi connectivity index (χ1n) is 5.46. The second-order valence-electron chi connectivity index (χ2n) is 3.79. The van der Waals surface area contributed by atoms with Crippen LogP contribution in [0.3, 0.4) is 0 Å². The Morgan fingerprint density at radius 3 is 2.71 bits per heavy atom. The number of hydrogen-bond donors (Lipinski definition) is 1. The molecule has 92 valence electrons. The Balaban J connectivity index is 2.29. The van der Waals surface area contributed by atoms with E-state index in [2.05, 4.69) is 4.90 Å². The Morgan fingerprint density at radius 1 is 1.41 bits per heavy atom. The lowest BCUT2D eigenvalue weighted by molar-refractivity contribution is 0.0696. The number of aromatic carboxylic acids is 1. The van der Waals surface area contributed by atoms with Gasteiger partial charge in [0, 0.05) is 13.1 Å². The Labute approximate surface area is 99.6 Å². The van der Waals surface area contributed by atoms with Crippen LogP contribution in [-0.4, -0.2) is 44.5 Å².